The van der Waals surface area contributed by atoms with Crippen molar-refractivity contribution in [3.63, 3.8) is 0 Å². The van der Waals surface area contributed by atoms with E-state index in [-0.39, 0.29) is 71.4 Å². The van der Waals surface area contributed by atoms with E-state index in [1.165, 1.54) is 26.8 Å². The Morgan fingerprint density at radius 3 is 1.57 bits per heavy atom. The highest BCUT2D eigenvalue weighted by Crippen LogP contribution is 2.39. The van der Waals surface area contributed by atoms with Crippen LogP contribution in [0, 0.1) is 0 Å². The zero-order chi connectivity index (χ0) is 56.3. The van der Waals surface area contributed by atoms with Gasteiger partial charge in [0.25, 0.3) is 11.1 Å². The smallest absolute Gasteiger partial charge is 0.508 e. The highest BCUT2D eigenvalue weighted by atomic mass is 79.9. The topological polar surface area (TPSA) is 212 Å². The number of aliphatic hydroxyl groups excluding tert-OH is 1. The number of nitrogens with zero attached hydrogens (tertiary/aromatic N) is 8. The first-order chi connectivity index (χ1) is 36.1. The van der Waals surface area contributed by atoms with Crippen molar-refractivity contribution in [2.24, 2.45) is 14.1 Å². The van der Waals surface area contributed by atoms with Crippen LogP contribution in [0.2, 0.25) is 20.1 Å². The summed E-state index contributed by atoms with van der Waals surface area (Å²) in [6, 6.07) is 19.9. The summed E-state index contributed by atoms with van der Waals surface area (Å²) in [4.78, 5) is 60.5. The predicted octanol–water partition coefficient (Wildman–Crippen LogP) is 9.55. The summed E-state index contributed by atoms with van der Waals surface area (Å²) in [5.41, 5.74) is -0.566. The summed E-state index contributed by atoms with van der Waals surface area (Å²) in [5.74, 6) is -1.69. The minimum atomic E-state index is -4.96. The van der Waals surface area contributed by atoms with Crippen molar-refractivity contribution in [1.29, 1.82) is 0 Å². The molecule has 0 radical (unpaired) electrons. The molecule has 77 heavy (non-hydrogen) atoms. The Morgan fingerprint density at radius 1 is 0.623 bits per heavy atom. The van der Waals surface area contributed by atoms with E-state index in [9.17, 15) is 55.7 Å². The lowest BCUT2D eigenvalue weighted by molar-refractivity contribution is -0.275. The number of benzene rings is 4. The van der Waals surface area contributed by atoms with Crippen LogP contribution in [0.25, 0.3) is 22.3 Å². The Hall–Kier alpha value is -6.48. The van der Waals surface area contributed by atoms with Crippen molar-refractivity contribution in [3.8, 4) is 29.0 Å². The van der Waals surface area contributed by atoms with Gasteiger partial charge in [0.1, 0.15) is 23.0 Å². The first-order valence-electron chi connectivity index (χ1n) is 22.5. The van der Waals surface area contributed by atoms with Crippen LogP contribution in [0.15, 0.2) is 109 Å². The fraction of sp³-hybridized carbons (Fsp3) is 0.292. The maximum absolute atomic E-state index is 13.4. The van der Waals surface area contributed by atoms with Gasteiger partial charge in [-0.3, -0.25) is 32.4 Å². The molecule has 0 unspecified atom stereocenters. The molecular weight excluding hydrogens is 1180 g/mol. The van der Waals surface area contributed by atoms with Crippen LogP contribution in [0.4, 0.5) is 26.3 Å². The molecule has 410 valence electrons. The van der Waals surface area contributed by atoms with E-state index < -0.39 is 52.3 Å². The molecule has 0 bridgehead atoms. The van der Waals surface area contributed by atoms with Crippen molar-refractivity contribution in [1.82, 2.24) is 37.4 Å². The van der Waals surface area contributed by atoms with Gasteiger partial charge in [-0.1, -0.05) is 70.7 Å². The molecule has 1 aliphatic rings. The normalized spacial score (nSPS) is 13.0. The first-order valence-corrected chi connectivity index (χ1v) is 24.8. The van der Waals surface area contributed by atoms with Crippen LogP contribution in [0.1, 0.15) is 36.8 Å². The number of phenols is 1. The monoisotopic (exact) mass is 1220 g/mol. The molecule has 0 aliphatic heterocycles. The molecule has 1 saturated carbocycles. The van der Waals surface area contributed by atoms with Gasteiger partial charge in [0.15, 0.2) is 27.1 Å². The molecule has 29 heteroatoms. The van der Waals surface area contributed by atoms with E-state index in [0.717, 1.165) is 45.0 Å². The maximum atomic E-state index is 13.4. The number of phenolic OH excluding ortho intramolecular Hbond substituents is 1. The van der Waals surface area contributed by atoms with Crippen molar-refractivity contribution in [3.05, 3.63) is 163 Å². The number of aliphatic hydroxyl groups is 2. The molecule has 0 saturated heterocycles. The molecule has 0 spiro atoms. The van der Waals surface area contributed by atoms with Gasteiger partial charge in [0.05, 0.1) is 18.7 Å². The second-order valence-electron chi connectivity index (χ2n) is 17.2. The summed E-state index contributed by atoms with van der Waals surface area (Å²) in [6.07, 6.45) is -7.76. The molecule has 3 N–H and O–H groups in total. The Bertz CT molecular complexity index is 3690. The van der Waals surface area contributed by atoms with Crippen LogP contribution >= 0.6 is 62.3 Å². The highest BCUT2D eigenvalue weighted by Gasteiger charge is 2.40. The molecule has 0 amide bonds. The third kappa shape index (κ3) is 14.8. The van der Waals surface area contributed by atoms with Crippen LogP contribution in [-0.4, -0.2) is 77.6 Å². The SMILES string of the molecule is Cn1c(=O)n(CCC2(O)CC2)c(=O)c2c1nc(Br)n2Cc1ccc(Cl)cc1.Cn1c(=O)n(CCCO)c(=O)c2c1nc(Oc1cc(Cl)cc(OC(F)(F)F)c1)n2Cc1ccc(Cl)cc1.Oc1cc(Cl)cc(OC(F)(F)F)c1. The fourth-order valence-electron chi connectivity index (χ4n) is 7.58. The summed E-state index contributed by atoms with van der Waals surface area (Å²) in [6.45, 7) is 0.367. The van der Waals surface area contributed by atoms with Crippen molar-refractivity contribution in [2.45, 2.75) is 70.2 Å². The number of alkyl halides is 6. The Morgan fingerprint density at radius 2 is 1.08 bits per heavy atom. The summed E-state index contributed by atoms with van der Waals surface area (Å²) in [7, 11) is 3.01. The number of aromatic hydroxyl groups is 1. The molecule has 4 aromatic carbocycles. The largest absolute Gasteiger partial charge is 0.573 e. The standard InChI is InChI=1S/C23H19Cl2F3N4O5.C18H18BrClN4O3.C7H4ClF3O2/c1-30-19-18(20(34)31(22(30)35)7-2-8-33)32(12-13-3-5-14(24)6-4-13)21(29-19)36-16-9-15(25)10-17(11-16)37-23(26,27)28;1-22-14-13(15(25)23(17(22)26)9-8-18(27)6-7-18)24(16(19)21-14)10-11-2-4-12(20)5-3-11;8-4-1-5(12)3-6(2-4)13-7(9,10)11/h3-6,9-11,33H,2,7-8,12H2,1H3;2-5,27H,6-10H2,1H3;1-3,12H. The highest BCUT2D eigenvalue weighted by molar-refractivity contribution is 9.10. The molecule has 0 atom stereocenters. The molecule has 9 rings (SSSR count). The molecule has 1 fully saturated rings. The van der Waals surface area contributed by atoms with E-state index in [0.29, 0.717) is 57.3 Å². The zero-order valence-corrected chi connectivity index (χ0v) is 44.5. The first kappa shape index (κ1) is 58.2. The number of aromatic nitrogens is 8. The van der Waals surface area contributed by atoms with Gasteiger partial charge in [-0.05, 0) is 101 Å². The summed E-state index contributed by atoms with van der Waals surface area (Å²) < 4.78 is 94.7. The minimum absolute atomic E-state index is 0.00648. The zero-order valence-electron chi connectivity index (χ0n) is 39.9. The number of imidazole rings is 2. The van der Waals surface area contributed by atoms with Crippen molar-refractivity contribution >= 4 is 84.7 Å². The van der Waals surface area contributed by atoms with Crippen molar-refractivity contribution < 1.29 is 55.9 Å². The lowest BCUT2D eigenvalue weighted by Crippen LogP contribution is -2.40. The fourth-order valence-corrected chi connectivity index (χ4v) is 8.74. The Kier molecular flexibility index (Phi) is 17.9. The van der Waals surface area contributed by atoms with Gasteiger partial charge in [-0.15, -0.1) is 26.3 Å². The Balaban J connectivity index is 0.000000187. The van der Waals surface area contributed by atoms with Gasteiger partial charge in [-0.2, -0.15) is 4.98 Å². The van der Waals surface area contributed by atoms with Crippen LogP contribution < -0.4 is 36.7 Å². The lowest BCUT2D eigenvalue weighted by Gasteiger charge is -2.13. The number of hydrogen-bond acceptors (Lipinski definition) is 12. The van der Waals surface area contributed by atoms with E-state index >= 15 is 0 Å². The van der Waals surface area contributed by atoms with Gasteiger partial charge in [-0.25, -0.2) is 14.6 Å². The summed E-state index contributed by atoms with van der Waals surface area (Å²) in [5, 5.41) is 29.1. The van der Waals surface area contributed by atoms with Gasteiger partial charge < -0.3 is 34.1 Å². The number of halogens is 11. The predicted molar refractivity (Wildman–Crippen MR) is 276 cm³/mol. The Labute approximate surface area is 458 Å². The number of ether oxygens (including phenoxy) is 3. The minimum Gasteiger partial charge on any atom is -0.508 e. The van der Waals surface area contributed by atoms with Gasteiger partial charge in [0, 0.05) is 66.0 Å². The lowest BCUT2D eigenvalue weighted by atomic mass is 10.2. The average molecular weight is 1230 g/mol. The third-order valence-corrected chi connectivity index (χ3v) is 13.0. The van der Waals surface area contributed by atoms with E-state index in [1.807, 2.05) is 12.1 Å². The quantitative estimate of drug-likeness (QED) is 0.0686. The molecule has 18 nitrogen and oxygen atoms in total. The van der Waals surface area contributed by atoms with Crippen molar-refractivity contribution in [2.75, 3.05) is 6.61 Å². The van der Waals surface area contributed by atoms with E-state index in [1.54, 1.807) is 48.0 Å². The second kappa shape index (κ2) is 23.6. The van der Waals surface area contributed by atoms with Crippen LogP contribution in [-0.2, 0) is 40.3 Å². The van der Waals surface area contributed by atoms with Gasteiger partial charge >= 0.3 is 30.1 Å². The molecule has 1 aliphatic carbocycles. The summed E-state index contributed by atoms with van der Waals surface area (Å²) >= 11 is 26.7. The number of rotatable bonds is 14. The average Bonchev–Trinajstić information content (AvgIpc) is 3.92. The molecule has 4 aromatic heterocycles. The van der Waals surface area contributed by atoms with Gasteiger partial charge in [0.2, 0.25) is 0 Å². The third-order valence-electron chi connectivity index (χ3n) is 11.4. The number of hydrogen-bond donors (Lipinski definition) is 3. The number of fused-ring (bicyclic) bond motifs is 2. The van der Waals surface area contributed by atoms with Crippen LogP contribution in [0.5, 0.6) is 29.0 Å². The number of aryl methyl sites for hydroxylation is 2. The maximum Gasteiger partial charge on any atom is 0.573 e. The van der Waals surface area contributed by atoms with E-state index in [4.69, 9.17) is 56.2 Å². The van der Waals surface area contributed by atoms with Crippen LogP contribution in [0.3, 0.4) is 0 Å². The molecule has 4 heterocycles. The molecular formula is C48H41BrCl4F6N8O10. The molecule has 8 aromatic rings. The van der Waals surface area contributed by atoms with E-state index in [2.05, 4.69) is 35.4 Å². The second-order valence-corrected chi connectivity index (χ2v) is 19.6.